The predicted molar refractivity (Wildman–Crippen MR) is 108 cm³/mol. The van der Waals surface area contributed by atoms with Crippen LogP contribution in [0.3, 0.4) is 0 Å². The highest BCUT2D eigenvalue weighted by Gasteiger charge is 2.43. The van der Waals surface area contributed by atoms with Crippen LogP contribution in [0.4, 0.5) is 0 Å². The topological polar surface area (TPSA) is 59.0 Å². The van der Waals surface area contributed by atoms with Crippen LogP contribution in [0.25, 0.3) is 0 Å². The summed E-state index contributed by atoms with van der Waals surface area (Å²) in [6.45, 7) is 2.59. The standard InChI is InChI=1S/C21H21Cl2NO4/c22-17-3-1-2-14(20(17)23)12-27-15-4-5-16-18(10-15)28-13-21(16)6-8-24(9-7-21)11-19(25)26/h1-5,10H,6-9,11-13H2,(H,25,26). The molecule has 0 unspecified atom stereocenters. The molecule has 1 fully saturated rings. The number of carboxylic acid groups (broad SMARTS) is 1. The molecule has 5 nitrogen and oxygen atoms in total. The zero-order valence-electron chi connectivity index (χ0n) is 15.3. The highest BCUT2D eigenvalue weighted by Crippen LogP contribution is 2.46. The van der Waals surface area contributed by atoms with Gasteiger partial charge in [0.1, 0.15) is 18.1 Å². The summed E-state index contributed by atoms with van der Waals surface area (Å²) in [5.74, 6) is 0.789. The van der Waals surface area contributed by atoms with Gasteiger partial charge < -0.3 is 14.6 Å². The maximum Gasteiger partial charge on any atom is 0.317 e. The molecule has 0 amide bonds. The Morgan fingerprint density at radius 3 is 2.75 bits per heavy atom. The number of halogens is 2. The molecule has 2 aromatic rings. The lowest BCUT2D eigenvalue weighted by molar-refractivity contribution is -0.138. The van der Waals surface area contributed by atoms with Crippen LogP contribution < -0.4 is 9.47 Å². The molecular weight excluding hydrogens is 401 g/mol. The normalized spacial score (nSPS) is 17.9. The van der Waals surface area contributed by atoms with E-state index in [-0.39, 0.29) is 12.0 Å². The summed E-state index contributed by atoms with van der Waals surface area (Å²) in [6, 6.07) is 11.4. The van der Waals surface area contributed by atoms with Gasteiger partial charge in [0.25, 0.3) is 0 Å². The third-order valence-corrected chi connectivity index (χ3v) is 6.48. The number of hydrogen-bond donors (Lipinski definition) is 1. The van der Waals surface area contributed by atoms with Crippen LogP contribution in [-0.4, -0.2) is 42.2 Å². The zero-order chi connectivity index (χ0) is 19.7. The van der Waals surface area contributed by atoms with Crippen molar-refractivity contribution in [2.75, 3.05) is 26.2 Å². The summed E-state index contributed by atoms with van der Waals surface area (Å²) < 4.78 is 11.9. The number of hydrogen-bond acceptors (Lipinski definition) is 4. The fraction of sp³-hybridized carbons (Fsp3) is 0.381. The van der Waals surface area contributed by atoms with Gasteiger partial charge in [0.05, 0.1) is 23.2 Å². The second-order valence-corrected chi connectivity index (χ2v) is 8.18. The van der Waals surface area contributed by atoms with Gasteiger partial charge in [-0.3, -0.25) is 9.69 Å². The third-order valence-electron chi connectivity index (χ3n) is 5.63. The Morgan fingerprint density at radius 1 is 1.21 bits per heavy atom. The summed E-state index contributed by atoms with van der Waals surface area (Å²) in [6.07, 6.45) is 1.79. The van der Waals surface area contributed by atoms with E-state index >= 15 is 0 Å². The number of fused-ring (bicyclic) bond motifs is 2. The van der Waals surface area contributed by atoms with E-state index in [0.29, 0.717) is 23.3 Å². The highest BCUT2D eigenvalue weighted by atomic mass is 35.5. The number of rotatable bonds is 5. The Morgan fingerprint density at radius 2 is 2.00 bits per heavy atom. The molecule has 1 N–H and O–H groups in total. The molecule has 7 heteroatoms. The molecule has 0 radical (unpaired) electrons. The van der Waals surface area contributed by atoms with Crippen molar-refractivity contribution >= 4 is 29.2 Å². The first kappa shape index (κ1) is 19.4. The van der Waals surface area contributed by atoms with Gasteiger partial charge in [0.15, 0.2) is 0 Å². The first-order valence-corrected chi connectivity index (χ1v) is 10.00. The molecule has 4 rings (SSSR count). The van der Waals surface area contributed by atoms with Gasteiger partial charge in [-0.1, -0.05) is 41.4 Å². The minimum Gasteiger partial charge on any atom is -0.492 e. The van der Waals surface area contributed by atoms with Crippen LogP contribution in [0.2, 0.25) is 10.0 Å². The Balaban J connectivity index is 1.44. The van der Waals surface area contributed by atoms with Gasteiger partial charge >= 0.3 is 5.97 Å². The van der Waals surface area contributed by atoms with Gasteiger partial charge in [0, 0.05) is 22.6 Å². The van der Waals surface area contributed by atoms with E-state index in [9.17, 15) is 4.79 Å². The number of ether oxygens (including phenoxy) is 2. The number of aliphatic carboxylic acids is 1. The zero-order valence-corrected chi connectivity index (χ0v) is 16.8. The van der Waals surface area contributed by atoms with Gasteiger partial charge in [-0.05, 0) is 38.1 Å². The summed E-state index contributed by atoms with van der Waals surface area (Å²) >= 11 is 12.3. The first-order chi connectivity index (χ1) is 13.5. The van der Waals surface area contributed by atoms with Gasteiger partial charge in [0.2, 0.25) is 0 Å². The van der Waals surface area contributed by atoms with Crippen LogP contribution in [-0.2, 0) is 16.8 Å². The summed E-state index contributed by atoms with van der Waals surface area (Å²) in [4.78, 5) is 12.9. The number of benzene rings is 2. The fourth-order valence-electron chi connectivity index (χ4n) is 4.01. The third kappa shape index (κ3) is 3.79. The SMILES string of the molecule is O=C(O)CN1CCC2(CC1)COc1cc(OCc3cccc(Cl)c3Cl)ccc12. The number of nitrogens with zero attached hydrogens (tertiary/aromatic N) is 1. The quantitative estimate of drug-likeness (QED) is 0.775. The largest absolute Gasteiger partial charge is 0.492 e. The summed E-state index contributed by atoms with van der Waals surface area (Å²) in [5.41, 5.74) is 1.99. The van der Waals surface area contributed by atoms with E-state index in [1.54, 1.807) is 6.07 Å². The van der Waals surface area contributed by atoms with Crippen molar-refractivity contribution in [3.8, 4) is 11.5 Å². The van der Waals surface area contributed by atoms with E-state index in [1.165, 1.54) is 5.56 Å². The van der Waals surface area contributed by atoms with E-state index in [4.69, 9.17) is 37.8 Å². The number of carbonyl (C=O) groups is 1. The minimum absolute atomic E-state index is 0.0286. The van der Waals surface area contributed by atoms with E-state index in [1.807, 2.05) is 29.2 Å². The lowest BCUT2D eigenvalue weighted by atomic mass is 9.74. The molecule has 1 spiro atoms. The Bertz CT molecular complexity index is 894. The van der Waals surface area contributed by atoms with Crippen LogP contribution >= 0.6 is 23.2 Å². The molecule has 1 saturated heterocycles. The number of piperidine rings is 1. The highest BCUT2D eigenvalue weighted by molar-refractivity contribution is 6.42. The molecule has 2 heterocycles. The van der Waals surface area contributed by atoms with Crippen LogP contribution in [0.15, 0.2) is 36.4 Å². The first-order valence-electron chi connectivity index (χ1n) is 9.24. The van der Waals surface area contributed by atoms with Gasteiger partial charge in [-0.2, -0.15) is 0 Å². The molecule has 0 bridgehead atoms. The average molecular weight is 422 g/mol. The van der Waals surface area contributed by atoms with Crippen LogP contribution in [0, 0.1) is 0 Å². The Hall–Kier alpha value is -1.95. The molecular formula is C21H21Cl2NO4. The van der Waals surface area contributed by atoms with Crippen LogP contribution in [0.5, 0.6) is 11.5 Å². The fourth-order valence-corrected chi connectivity index (χ4v) is 4.38. The van der Waals surface area contributed by atoms with Gasteiger partial charge in [-0.25, -0.2) is 0 Å². The molecule has 2 aliphatic heterocycles. The molecule has 28 heavy (non-hydrogen) atoms. The molecule has 0 saturated carbocycles. The Labute approximate surface area is 173 Å². The smallest absolute Gasteiger partial charge is 0.317 e. The van der Waals surface area contributed by atoms with E-state index in [2.05, 4.69) is 6.07 Å². The number of likely N-dealkylation sites (tertiary alicyclic amines) is 1. The Kier molecular flexibility index (Phi) is 5.41. The minimum atomic E-state index is -0.777. The second kappa shape index (κ2) is 7.82. The monoisotopic (exact) mass is 421 g/mol. The van der Waals surface area contributed by atoms with E-state index in [0.717, 1.165) is 43.0 Å². The molecule has 0 aromatic heterocycles. The lowest BCUT2D eigenvalue weighted by Crippen LogP contribution is -2.45. The molecule has 2 aromatic carbocycles. The van der Waals surface area contributed by atoms with E-state index < -0.39 is 5.97 Å². The predicted octanol–water partition coefficient (Wildman–Crippen LogP) is 4.38. The van der Waals surface area contributed by atoms with Crippen molar-refractivity contribution < 1.29 is 19.4 Å². The lowest BCUT2D eigenvalue weighted by Gasteiger charge is -2.37. The van der Waals surface area contributed by atoms with Crippen molar-refractivity contribution in [1.29, 1.82) is 0 Å². The number of carboxylic acids is 1. The molecule has 0 aliphatic carbocycles. The van der Waals surface area contributed by atoms with Crippen molar-refractivity contribution in [3.63, 3.8) is 0 Å². The second-order valence-electron chi connectivity index (χ2n) is 7.40. The maximum atomic E-state index is 10.9. The average Bonchev–Trinajstić information content (AvgIpc) is 3.02. The molecule has 148 valence electrons. The summed E-state index contributed by atoms with van der Waals surface area (Å²) in [5, 5.41) is 10.00. The van der Waals surface area contributed by atoms with Crippen molar-refractivity contribution in [3.05, 3.63) is 57.6 Å². The van der Waals surface area contributed by atoms with Crippen LogP contribution in [0.1, 0.15) is 24.0 Å². The van der Waals surface area contributed by atoms with Crippen molar-refractivity contribution in [2.24, 2.45) is 0 Å². The maximum absolute atomic E-state index is 10.9. The summed E-state index contributed by atoms with van der Waals surface area (Å²) in [7, 11) is 0. The van der Waals surface area contributed by atoms with Crippen molar-refractivity contribution in [1.82, 2.24) is 4.90 Å². The van der Waals surface area contributed by atoms with Gasteiger partial charge in [-0.15, -0.1) is 0 Å². The molecule has 2 aliphatic rings. The molecule has 0 atom stereocenters. The van der Waals surface area contributed by atoms with Crippen molar-refractivity contribution in [2.45, 2.75) is 24.9 Å².